The van der Waals surface area contributed by atoms with Gasteiger partial charge in [0, 0.05) is 10.9 Å². The molecule has 0 saturated carbocycles. The lowest BCUT2D eigenvalue weighted by Gasteiger charge is -2.01. The number of hydrogen-bond acceptors (Lipinski definition) is 3. The number of halogens is 1. The Morgan fingerprint density at radius 3 is 3.00 bits per heavy atom. The number of hydrogen-bond donors (Lipinski definition) is 0. The Bertz CT molecular complexity index is 502. The first-order valence-corrected chi connectivity index (χ1v) is 4.44. The first-order chi connectivity index (χ1) is 7.22. The molecule has 0 aliphatic rings. The average Bonchev–Trinajstić information content (AvgIpc) is 2.70. The monoisotopic (exact) mass is 208 g/mol. The number of furan rings is 1. The molecule has 1 aromatic heterocycles. The van der Waals surface area contributed by atoms with Crippen molar-refractivity contribution in [2.45, 2.75) is 6.42 Å². The molecule has 1 heterocycles. The maximum absolute atomic E-state index is 13.7. The zero-order valence-corrected chi connectivity index (χ0v) is 8.12. The molecule has 1 aromatic carbocycles. The van der Waals surface area contributed by atoms with Gasteiger partial charge in [0.2, 0.25) is 0 Å². The van der Waals surface area contributed by atoms with Crippen LogP contribution >= 0.6 is 0 Å². The predicted octanol–water partition coefficient (Wildman–Crippen LogP) is 2.29. The van der Waals surface area contributed by atoms with Crippen LogP contribution in [0.5, 0.6) is 0 Å². The van der Waals surface area contributed by atoms with Gasteiger partial charge in [-0.2, -0.15) is 0 Å². The fourth-order valence-corrected chi connectivity index (χ4v) is 1.40. The van der Waals surface area contributed by atoms with Crippen LogP contribution in [0.4, 0.5) is 4.39 Å². The molecule has 0 unspecified atom stereocenters. The number of carbonyl (C=O) groups excluding carboxylic acids is 1. The zero-order chi connectivity index (χ0) is 10.8. The summed E-state index contributed by atoms with van der Waals surface area (Å²) in [5.41, 5.74) is 0.459. The molecule has 0 aliphatic heterocycles. The Labute approximate surface area is 85.4 Å². The van der Waals surface area contributed by atoms with E-state index < -0.39 is 11.8 Å². The van der Waals surface area contributed by atoms with Gasteiger partial charge in [-0.25, -0.2) is 4.39 Å². The summed E-state index contributed by atoms with van der Waals surface area (Å²) in [5.74, 6) is -0.970. The topological polar surface area (TPSA) is 39.4 Å². The minimum atomic E-state index is -0.497. The molecule has 2 aromatic rings. The van der Waals surface area contributed by atoms with Crippen molar-refractivity contribution in [3.63, 3.8) is 0 Å². The third-order valence-corrected chi connectivity index (χ3v) is 2.20. The lowest BCUT2D eigenvalue weighted by Crippen LogP contribution is -2.06. The largest absolute Gasteiger partial charge is 0.469 e. The van der Waals surface area contributed by atoms with E-state index in [1.54, 1.807) is 18.2 Å². The summed E-state index contributed by atoms with van der Waals surface area (Å²) in [4.78, 5) is 11.0. The number of esters is 1. The van der Waals surface area contributed by atoms with E-state index in [4.69, 9.17) is 4.42 Å². The summed E-state index contributed by atoms with van der Waals surface area (Å²) in [6.45, 7) is 0. The Kier molecular flexibility index (Phi) is 2.41. The summed E-state index contributed by atoms with van der Waals surface area (Å²) in [6.07, 6.45) is 1.33. The molecule has 3 nitrogen and oxygen atoms in total. The van der Waals surface area contributed by atoms with Gasteiger partial charge in [-0.05, 0) is 6.07 Å². The van der Waals surface area contributed by atoms with Gasteiger partial charge in [-0.1, -0.05) is 12.1 Å². The lowest BCUT2D eigenvalue weighted by molar-refractivity contribution is -0.139. The summed E-state index contributed by atoms with van der Waals surface area (Å²) in [6, 6.07) is 4.94. The Morgan fingerprint density at radius 1 is 1.47 bits per heavy atom. The van der Waals surface area contributed by atoms with Gasteiger partial charge in [0.05, 0.1) is 19.8 Å². The van der Waals surface area contributed by atoms with Crippen molar-refractivity contribution in [2.24, 2.45) is 0 Å². The van der Waals surface area contributed by atoms with Crippen LogP contribution in [0.15, 0.2) is 28.9 Å². The third kappa shape index (κ3) is 1.70. The summed E-state index contributed by atoms with van der Waals surface area (Å²) in [7, 11) is 1.27. The molecule has 0 aliphatic carbocycles. The Morgan fingerprint density at radius 2 is 2.27 bits per heavy atom. The second kappa shape index (κ2) is 3.73. The fraction of sp³-hybridized carbons (Fsp3) is 0.182. The van der Waals surface area contributed by atoms with E-state index in [1.165, 1.54) is 13.4 Å². The smallest absolute Gasteiger partial charge is 0.310 e. The van der Waals surface area contributed by atoms with E-state index in [-0.39, 0.29) is 17.6 Å². The van der Waals surface area contributed by atoms with E-state index in [1.807, 2.05) is 0 Å². The SMILES string of the molecule is COC(=O)Cc1ccc2ccoc2c1F. The predicted molar refractivity (Wildman–Crippen MR) is 51.9 cm³/mol. The van der Waals surface area contributed by atoms with Crippen LogP contribution in [0, 0.1) is 5.82 Å². The van der Waals surface area contributed by atoms with Crippen LogP contribution < -0.4 is 0 Å². The Balaban J connectivity index is 2.43. The highest BCUT2D eigenvalue weighted by atomic mass is 19.1. The van der Waals surface area contributed by atoms with Crippen LogP contribution in [0.2, 0.25) is 0 Å². The van der Waals surface area contributed by atoms with Crippen molar-refractivity contribution in [2.75, 3.05) is 7.11 Å². The maximum Gasteiger partial charge on any atom is 0.310 e. The molecule has 2 rings (SSSR count). The highest BCUT2D eigenvalue weighted by Crippen LogP contribution is 2.22. The van der Waals surface area contributed by atoms with Gasteiger partial charge in [0.25, 0.3) is 0 Å². The first-order valence-electron chi connectivity index (χ1n) is 4.44. The number of rotatable bonds is 2. The molecule has 78 valence electrons. The van der Waals surface area contributed by atoms with Crippen LogP contribution in [-0.2, 0) is 16.0 Å². The van der Waals surface area contributed by atoms with Crippen molar-refractivity contribution < 1.29 is 18.3 Å². The van der Waals surface area contributed by atoms with Gasteiger partial charge < -0.3 is 9.15 Å². The highest BCUT2D eigenvalue weighted by molar-refractivity contribution is 5.80. The average molecular weight is 208 g/mol. The second-order valence-electron chi connectivity index (χ2n) is 3.13. The van der Waals surface area contributed by atoms with Crippen LogP contribution in [0.25, 0.3) is 11.0 Å². The molecule has 0 bridgehead atoms. The standard InChI is InChI=1S/C11H9FO3/c1-14-9(13)6-8-3-2-7-4-5-15-11(7)10(8)12/h2-5H,6H2,1H3. The van der Waals surface area contributed by atoms with E-state index in [9.17, 15) is 9.18 Å². The third-order valence-electron chi connectivity index (χ3n) is 2.20. The van der Waals surface area contributed by atoms with E-state index in [0.717, 1.165) is 0 Å². The molecule has 4 heteroatoms. The number of fused-ring (bicyclic) bond motifs is 1. The van der Waals surface area contributed by atoms with Crippen molar-refractivity contribution in [1.29, 1.82) is 0 Å². The lowest BCUT2D eigenvalue weighted by atomic mass is 10.1. The van der Waals surface area contributed by atoms with Gasteiger partial charge in [0.15, 0.2) is 11.4 Å². The van der Waals surface area contributed by atoms with E-state index in [2.05, 4.69) is 4.74 Å². The molecule has 0 radical (unpaired) electrons. The van der Waals surface area contributed by atoms with Crippen molar-refractivity contribution >= 4 is 16.9 Å². The Hall–Kier alpha value is -1.84. The van der Waals surface area contributed by atoms with Gasteiger partial charge in [0.1, 0.15) is 0 Å². The molecule has 15 heavy (non-hydrogen) atoms. The maximum atomic E-state index is 13.7. The molecular formula is C11H9FO3. The van der Waals surface area contributed by atoms with Gasteiger partial charge in [-0.15, -0.1) is 0 Å². The number of methoxy groups -OCH3 is 1. The number of ether oxygens (including phenoxy) is 1. The fourth-order valence-electron chi connectivity index (χ4n) is 1.40. The minimum absolute atomic E-state index is 0.0844. The van der Waals surface area contributed by atoms with Gasteiger partial charge >= 0.3 is 5.97 Å². The van der Waals surface area contributed by atoms with Gasteiger partial charge in [-0.3, -0.25) is 4.79 Å². The second-order valence-corrected chi connectivity index (χ2v) is 3.13. The normalized spacial score (nSPS) is 10.5. The highest BCUT2D eigenvalue weighted by Gasteiger charge is 2.13. The van der Waals surface area contributed by atoms with E-state index >= 15 is 0 Å². The zero-order valence-electron chi connectivity index (χ0n) is 8.12. The molecule has 0 fully saturated rings. The van der Waals surface area contributed by atoms with Crippen LogP contribution in [0.1, 0.15) is 5.56 Å². The minimum Gasteiger partial charge on any atom is -0.469 e. The summed E-state index contributed by atoms with van der Waals surface area (Å²) >= 11 is 0. The summed E-state index contributed by atoms with van der Waals surface area (Å²) in [5, 5.41) is 0.682. The van der Waals surface area contributed by atoms with Crippen molar-refractivity contribution in [1.82, 2.24) is 0 Å². The van der Waals surface area contributed by atoms with E-state index in [0.29, 0.717) is 5.39 Å². The summed E-state index contributed by atoms with van der Waals surface area (Å²) < 4.78 is 23.1. The quantitative estimate of drug-likeness (QED) is 0.711. The molecule has 0 amide bonds. The number of carbonyl (C=O) groups is 1. The molecule has 0 atom stereocenters. The van der Waals surface area contributed by atoms with Crippen molar-refractivity contribution in [3.8, 4) is 0 Å². The first kappa shape index (κ1) is 9.71. The molecule has 0 N–H and O–H groups in total. The molecule has 0 spiro atoms. The molecular weight excluding hydrogens is 199 g/mol. The van der Waals surface area contributed by atoms with Crippen molar-refractivity contribution in [3.05, 3.63) is 35.8 Å². The van der Waals surface area contributed by atoms with Crippen LogP contribution in [-0.4, -0.2) is 13.1 Å². The molecule has 0 saturated heterocycles. The number of benzene rings is 1. The van der Waals surface area contributed by atoms with Crippen LogP contribution in [0.3, 0.4) is 0 Å².